The fourth-order valence-electron chi connectivity index (χ4n) is 2.50. The molecule has 0 spiro atoms. The summed E-state index contributed by atoms with van der Waals surface area (Å²) >= 11 is 0. The predicted octanol–water partition coefficient (Wildman–Crippen LogP) is 3.35. The van der Waals surface area contributed by atoms with Crippen molar-refractivity contribution in [2.24, 2.45) is 5.92 Å². The van der Waals surface area contributed by atoms with Crippen molar-refractivity contribution in [3.8, 4) is 5.75 Å². The van der Waals surface area contributed by atoms with Crippen LogP contribution in [0.3, 0.4) is 0 Å². The molecule has 0 saturated carbocycles. The maximum Gasteiger partial charge on any atom is 0.253 e. The number of piperidine rings is 1. The zero-order valence-electron chi connectivity index (χ0n) is 12.1. The van der Waals surface area contributed by atoms with E-state index in [2.05, 4.69) is 6.92 Å². The summed E-state index contributed by atoms with van der Waals surface area (Å²) in [5, 5.41) is 0. The highest BCUT2D eigenvalue weighted by atomic mass is 16.5. The van der Waals surface area contributed by atoms with Crippen LogP contribution in [0.2, 0.25) is 0 Å². The molecule has 0 aliphatic carbocycles. The Labute approximate surface area is 115 Å². The lowest BCUT2D eigenvalue weighted by molar-refractivity contribution is 0.0683. The van der Waals surface area contributed by atoms with E-state index < -0.39 is 0 Å². The minimum Gasteiger partial charge on any atom is -0.491 e. The summed E-state index contributed by atoms with van der Waals surface area (Å²) in [4.78, 5) is 14.3. The molecule has 1 fully saturated rings. The van der Waals surface area contributed by atoms with E-state index in [1.807, 2.05) is 43.0 Å². The average molecular weight is 261 g/mol. The van der Waals surface area contributed by atoms with Crippen molar-refractivity contribution in [2.75, 3.05) is 13.1 Å². The van der Waals surface area contributed by atoms with Crippen molar-refractivity contribution >= 4 is 5.91 Å². The van der Waals surface area contributed by atoms with E-state index in [0.717, 1.165) is 30.8 Å². The molecule has 2 rings (SSSR count). The fraction of sp³-hybridized carbons (Fsp3) is 0.562. The first kappa shape index (κ1) is 13.9. The zero-order chi connectivity index (χ0) is 13.8. The summed E-state index contributed by atoms with van der Waals surface area (Å²) in [5.41, 5.74) is 0.755. The summed E-state index contributed by atoms with van der Waals surface area (Å²) in [6.45, 7) is 7.96. The summed E-state index contributed by atoms with van der Waals surface area (Å²) < 4.78 is 5.59. The van der Waals surface area contributed by atoms with Crippen molar-refractivity contribution in [3.63, 3.8) is 0 Å². The Morgan fingerprint density at radius 2 is 2.00 bits per heavy atom. The first-order chi connectivity index (χ1) is 9.06. The van der Waals surface area contributed by atoms with E-state index in [-0.39, 0.29) is 12.0 Å². The largest absolute Gasteiger partial charge is 0.491 e. The molecule has 1 aliphatic rings. The SMILES string of the molecule is CC1CCCN(C(=O)c2ccc(OC(C)C)cc2)C1. The Morgan fingerprint density at radius 1 is 1.32 bits per heavy atom. The number of hydrogen-bond acceptors (Lipinski definition) is 2. The Morgan fingerprint density at radius 3 is 2.58 bits per heavy atom. The van der Waals surface area contributed by atoms with Gasteiger partial charge >= 0.3 is 0 Å². The summed E-state index contributed by atoms with van der Waals surface area (Å²) in [5.74, 6) is 1.57. The maximum atomic E-state index is 12.4. The molecule has 1 atom stereocenters. The molecule has 3 heteroatoms. The van der Waals surface area contributed by atoms with Gasteiger partial charge in [-0.1, -0.05) is 6.92 Å². The Kier molecular flexibility index (Phi) is 4.46. The van der Waals surface area contributed by atoms with E-state index >= 15 is 0 Å². The standard InChI is InChI=1S/C16H23NO2/c1-12(2)19-15-8-6-14(7-9-15)16(18)17-10-4-5-13(3)11-17/h6-9,12-13H,4-5,10-11H2,1-3H3. The van der Waals surface area contributed by atoms with Crippen molar-refractivity contribution in [3.05, 3.63) is 29.8 Å². The van der Waals surface area contributed by atoms with Crippen LogP contribution in [0.25, 0.3) is 0 Å². The van der Waals surface area contributed by atoms with Crippen LogP contribution in [0.1, 0.15) is 44.0 Å². The number of benzene rings is 1. The summed E-state index contributed by atoms with van der Waals surface area (Å²) in [6, 6.07) is 7.47. The Balaban J connectivity index is 2.02. The molecule has 0 N–H and O–H groups in total. The molecule has 3 nitrogen and oxygen atoms in total. The molecule has 0 radical (unpaired) electrons. The third-order valence-electron chi connectivity index (χ3n) is 3.42. The molecule has 1 aliphatic heterocycles. The molecule has 1 aromatic rings. The molecular weight excluding hydrogens is 238 g/mol. The second-order valence-electron chi connectivity index (χ2n) is 5.69. The third-order valence-corrected chi connectivity index (χ3v) is 3.42. The molecule has 1 heterocycles. The minimum absolute atomic E-state index is 0.141. The van der Waals surface area contributed by atoms with Gasteiger partial charge in [0.05, 0.1) is 6.10 Å². The van der Waals surface area contributed by atoms with E-state index in [0.29, 0.717) is 5.92 Å². The predicted molar refractivity (Wildman–Crippen MR) is 76.5 cm³/mol. The van der Waals surface area contributed by atoms with Crippen LogP contribution in [0.5, 0.6) is 5.75 Å². The van der Waals surface area contributed by atoms with Crippen LogP contribution in [0, 0.1) is 5.92 Å². The zero-order valence-corrected chi connectivity index (χ0v) is 12.1. The smallest absolute Gasteiger partial charge is 0.253 e. The van der Waals surface area contributed by atoms with Gasteiger partial charge in [0, 0.05) is 18.7 Å². The highest BCUT2D eigenvalue weighted by molar-refractivity contribution is 5.94. The van der Waals surface area contributed by atoms with E-state index in [1.165, 1.54) is 6.42 Å². The molecule has 0 aromatic heterocycles. The number of carbonyl (C=O) groups excluding carboxylic acids is 1. The highest BCUT2D eigenvalue weighted by Gasteiger charge is 2.21. The lowest BCUT2D eigenvalue weighted by Crippen LogP contribution is -2.39. The lowest BCUT2D eigenvalue weighted by atomic mass is 9.99. The monoisotopic (exact) mass is 261 g/mol. The number of ether oxygens (including phenoxy) is 1. The van der Waals surface area contributed by atoms with Gasteiger partial charge in [0.2, 0.25) is 0 Å². The highest BCUT2D eigenvalue weighted by Crippen LogP contribution is 2.19. The van der Waals surface area contributed by atoms with Crippen LogP contribution in [0.4, 0.5) is 0 Å². The van der Waals surface area contributed by atoms with Crippen LogP contribution >= 0.6 is 0 Å². The van der Waals surface area contributed by atoms with Crippen molar-refractivity contribution < 1.29 is 9.53 Å². The second kappa shape index (κ2) is 6.09. The first-order valence-electron chi connectivity index (χ1n) is 7.12. The molecular formula is C16H23NO2. The molecule has 104 valence electrons. The van der Waals surface area contributed by atoms with Crippen LogP contribution in [0.15, 0.2) is 24.3 Å². The molecule has 1 aromatic carbocycles. The van der Waals surface area contributed by atoms with Gasteiger partial charge in [0.15, 0.2) is 0 Å². The fourth-order valence-corrected chi connectivity index (χ4v) is 2.50. The van der Waals surface area contributed by atoms with E-state index in [9.17, 15) is 4.79 Å². The van der Waals surface area contributed by atoms with Gasteiger partial charge in [-0.25, -0.2) is 0 Å². The van der Waals surface area contributed by atoms with Crippen LogP contribution in [-0.2, 0) is 0 Å². The van der Waals surface area contributed by atoms with Gasteiger partial charge in [-0.2, -0.15) is 0 Å². The lowest BCUT2D eigenvalue weighted by Gasteiger charge is -2.31. The molecule has 0 bridgehead atoms. The molecule has 1 unspecified atom stereocenters. The van der Waals surface area contributed by atoms with Crippen molar-refractivity contribution in [1.82, 2.24) is 4.90 Å². The number of nitrogens with zero attached hydrogens (tertiary/aromatic N) is 1. The van der Waals surface area contributed by atoms with E-state index in [4.69, 9.17) is 4.74 Å². The number of carbonyl (C=O) groups is 1. The third kappa shape index (κ3) is 3.72. The van der Waals surface area contributed by atoms with Gasteiger partial charge in [-0.05, 0) is 56.9 Å². The van der Waals surface area contributed by atoms with Gasteiger partial charge < -0.3 is 9.64 Å². The number of amides is 1. The Hall–Kier alpha value is -1.51. The normalized spacial score (nSPS) is 19.6. The van der Waals surface area contributed by atoms with Crippen LogP contribution < -0.4 is 4.74 Å². The second-order valence-corrected chi connectivity index (χ2v) is 5.69. The van der Waals surface area contributed by atoms with Crippen molar-refractivity contribution in [2.45, 2.75) is 39.7 Å². The summed E-state index contributed by atoms with van der Waals surface area (Å²) in [6.07, 6.45) is 2.50. The maximum absolute atomic E-state index is 12.4. The summed E-state index contributed by atoms with van der Waals surface area (Å²) in [7, 11) is 0. The topological polar surface area (TPSA) is 29.5 Å². The van der Waals surface area contributed by atoms with Gasteiger partial charge in [0.1, 0.15) is 5.75 Å². The minimum atomic E-state index is 0.141. The Bertz CT molecular complexity index is 425. The quantitative estimate of drug-likeness (QED) is 0.835. The van der Waals surface area contributed by atoms with Gasteiger partial charge in [-0.3, -0.25) is 4.79 Å². The average Bonchev–Trinajstić information content (AvgIpc) is 2.38. The van der Waals surface area contributed by atoms with Crippen LogP contribution in [-0.4, -0.2) is 30.0 Å². The molecule has 1 amide bonds. The number of rotatable bonds is 3. The van der Waals surface area contributed by atoms with Crippen molar-refractivity contribution in [1.29, 1.82) is 0 Å². The van der Waals surface area contributed by atoms with E-state index in [1.54, 1.807) is 0 Å². The van der Waals surface area contributed by atoms with Gasteiger partial charge in [-0.15, -0.1) is 0 Å². The number of likely N-dealkylation sites (tertiary alicyclic amines) is 1. The van der Waals surface area contributed by atoms with Gasteiger partial charge in [0.25, 0.3) is 5.91 Å². The molecule has 19 heavy (non-hydrogen) atoms. The first-order valence-corrected chi connectivity index (χ1v) is 7.12. The molecule has 1 saturated heterocycles. The number of hydrogen-bond donors (Lipinski definition) is 0.